The summed E-state index contributed by atoms with van der Waals surface area (Å²) in [5.41, 5.74) is 5.02. The molecule has 0 aliphatic carbocycles. The van der Waals surface area contributed by atoms with E-state index in [1.165, 1.54) is 11.8 Å². The third kappa shape index (κ3) is 3.31. The van der Waals surface area contributed by atoms with Crippen molar-refractivity contribution in [3.05, 3.63) is 12.4 Å². The molecule has 1 rings (SSSR count). The van der Waals surface area contributed by atoms with Crippen LogP contribution >= 0.6 is 24.4 Å². The number of hydrogen-bond donors (Lipinski definition) is 2. The quantitative estimate of drug-likeness (QED) is 0.554. The summed E-state index contributed by atoms with van der Waals surface area (Å²) < 4.78 is 1.95. The van der Waals surface area contributed by atoms with Gasteiger partial charge in [-0.1, -0.05) is 11.8 Å². The maximum atomic E-state index is 10.5. The molecule has 0 saturated heterocycles. The minimum Gasteiger partial charge on any atom is -0.369 e. The van der Waals surface area contributed by atoms with E-state index in [1.54, 1.807) is 6.20 Å². The lowest BCUT2D eigenvalue weighted by molar-refractivity contribution is -0.115. The number of amides is 1. The Labute approximate surface area is 86.3 Å². The molecule has 72 valence electrons. The standard InChI is InChI=1S/C7H11N3OS2/c8-6(11)5-13-7-9-1-2-10(7)3-4-12/h1-2,12H,3-5H2,(H2,8,11). The molecule has 13 heavy (non-hydrogen) atoms. The number of primary amides is 1. The molecule has 1 aromatic rings. The molecule has 4 nitrogen and oxygen atoms in total. The number of thiol groups is 1. The highest BCUT2D eigenvalue weighted by Crippen LogP contribution is 2.14. The van der Waals surface area contributed by atoms with E-state index in [-0.39, 0.29) is 11.7 Å². The van der Waals surface area contributed by atoms with Gasteiger partial charge in [0.15, 0.2) is 5.16 Å². The van der Waals surface area contributed by atoms with Crippen molar-refractivity contribution >= 4 is 30.3 Å². The minimum atomic E-state index is -0.328. The minimum absolute atomic E-state index is 0.267. The van der Waals surface area contributed by atoms with Crippen molar-refractivity contribution in [2.45, 2.75) is 11.7 Å². The van der Waals surface area contributed by atoms with Crippen molar-refractivity contribution in [2.75, 3.05) is 11.5 Å². The zero-order chi connectivity index (χ0) is 9.68. The number of aryl methyl sites for hydroxylation is 1. The summed E-state index contributed by atoms with van der Waals surface area (Å²) in [6.45, 7) is 0.796. The Morgan fingerprint density at radius 3 is 3.15 bits per heavy atom. The summed E-state index contributed by atoms with van der Waals surface area (Å²) in [6.07, 6.45) is 3.56. The Balaban J connectivity index is 2.54. The number of rotatable bonds is 5. The van der Waals surface area contributed by atoms with Crippen LogP contribution in [0, 0.1) is 0 Å². The van der Waals surface area contributed by atoms with E-state index < -0.39 is 0 Å². The van der Waals surface area contributed by atoms with Crippen molar-refractivity contribution < 1.29 is 4.79 Å². The molecule has 1 aromatic heterocycles. The van der Waals surface area contributed by atoms with Gasteiger partial charge in [0, 0.05) is 24.7 Å². The molecule has 0 radical (unpaired) electrons. The average molecular weight is 217 g/mol. The number of imidazole rings is 1. The lowest BCUT2D eigenvalue weighted by Gasteiger charge is -2.03. The van der Waals surface area contributed by atoms with Crippen LogP contribution in [0.15, 0.2) is 17.6 Å². The molecule has 0 unspecified atom stereocenters. The number of thioether (sulfide) groups is 1. The van der Waals surface area contributed by atoms with Gasteiger partial charge in [0.1, 0.15) is 0 Å². The summed E-state index contributed by atoms with van der Waals surface area (Å²) in [5.74, 6) is 0.690. The van der Waals surface area contributed by atoms with E-state index in [1.807, 2.05) is 10.8 Å². The van der Waals surface area contributed by atoms with E-state index in [0.29, 0.717) is 0 Å². The first-order valence-electron chi connectivity index (χ1n) is 3.77. The van der Waals surface area contributed by atoms with Crippen LogP contribution in [-0.2, 0) is 11.3 Å². The maximum Gasteiger partial charge on any atom is 0.227 e. The van der Waals surface area contributed by atoms with Crippen LogP contribution in [-0.4, -0.2) is 27.0 Å². The highest BCUT2D eigenvalue weighted by atomic mass is 32.2. The number of nitrogens with two attached hydrogens (primary N) is 1. The largest absolute Gasteiger partial charge is 0.369 e. The van der Waals surface area contributed by atoms with Gasteiger partial charge >= 0.3 is 0 Å². The van der Waals surface area contributed by atoms with Gasteiger partial charge in [-0.15, -0.1) is 0 Å². The first-order chi connectivity index (χ1) is 6.24. The van der Waals surface area contributed by atoms with Gasteiger partial charge in [0.05, 0.1) is 5.75 Å². The highest BCUT2D eigenvalue weighted by molar-refractivity contribution is 7.99. The van der Waals surface area contributed by atoms with Crippen LogP contribution in [0.1, 0.15) is 0 Å². The fourth-order valence-corrected chi connectivity index (χ4v) is 1.79. The zero-order valence-electron chi connectivity index (χ0n) is 7.01. The predicted molar refractivity (Wildman–Crippen MR) is 56.0 cm³/mol. The molecule has 0 bridgehead atoms. The summed E-state index contributed by atoms with van der Waals surface area (Å²) in [5, 5.41) is 0.813. The molecule has 0 atom stereocenters. The van der Waals surface area contributed by atoms with Crippen LogP contribution in [0.25, 0.3) is 0 Å². The summed E-state index contributed by atoms with van der Waals surface area (Å²) in [4.78, 5) is 14.6. The Morgan fingerprint density at radius 2 is 2.54 bits per heavy atom. The maximum absolute atomic E-state index is 10.5. The molecule has 0 fully saturated rings. The van der Waals surface area contributed by atoms with Gasteiger partial charge in [-0.3, -0.25) is 4.79 Å². The molecule has 0 aromatic carbocycles. The number of carbonyl (C=O) groups excluding carboxylic acids is 1. The third-order valence-electron chi connectivity index (χ3n) is 1.36. The monoisotopic (exact) mass is 217 g/mol. The topological polar surface area (TPSA) is 60.9 Å². The Kier molecular flexibility index (Phi) is 4.17. The second-order valence-corrected chi connectivity index (χ2v) is 3.77. The number of hydrogen-bond acceptors (Lipinski definition) is 4. The van der Waals surface area contributed by atoms with Crippen LogP contribution in [0.4, 0.5) is 0 Å². The van der Waals surface area contributed by atoms with E-state index >= 15 is 0 Å². The Morgan fingerprint density at radius 1 is 1.77 bits per heavy atom. The summed E-state index contributed by atoms with van der Waals surface area (Å²) in [7, 11) is 0. The zero-order valence-corrected chi connectivity index (χ0v) is 8.72. The molecular weight excluding hydrogens is 206 g/mol. The van der Waals surface area contributed by atoms with Crippen LogP contribution in [0.2, 0.25) is 0 Å². The number of nitrogens with zero attached hydrogens (tertiary/aromatic N) is 2. The van der Waals surface area contributed by atoms with Crippen LogP contribution < -0.4 is 5.73 Å². The van der Waals surface area contributed by atoms with Crippen molar-refractivity contribution in [2.24, 2.45) is 5.73 Å². The molecule has 0 aliphatic rings. The SMILES string of the molecule is NC(=O)CSc1nccn1CCS. The van der Waals surface area contributed by atoms with Crippen molar-refractivity contribution in [3.63, 3.8) is 0 Å². The molecule has 1 heterocycles. The molecule has 6 heteroatoms. The molecule has 0 aliphatic heterocycles. The van der Waals surface area contributed by atoms with E-state index in [2.05, 4.69) is 17.6 Å². The molecule has 1 amide bonds. The van der Waals surface area contributed by atoms with E-state index in [4.69, 9.17) is 5.73 Å². The van der Waals surface area contributed by atoms with E-state index in [0.717, 1.165) is 17.5 Å². The lowest BCUT2D eigenvalue weighted by Crippen LogP contribution is -2.13. The van der Waals surface area contributed by atoms with Crippen LogP contribution in [0.3, 0.4) is 0 Å². The summed E-state index contributed by atoms with van der Waals surface area (Å²) in [6, 6.07) is 0. The second kappa shape index (κ2) is 5.18. The smallest absolute Gasteiger partial charge is 0.227 e. The lowest BCUT2D eigenvalue weighted by atomic mass is 10.7. The molecular formula is C7H11N3OS2. The summed E-state index contributed by atoms with van der Waals surface area (Å²) >= 11 is 5.46. The van der Waals surface area contributed by atoms with Crippen molar-refractivity contribution in [1.82, 2.24) is 9.55 Å². The van der Waals surface area contributed by atoms with Crippen molar-refractivity contribution in [3.8, 4) is 0 Å². The van der Waals surface area contributed by atoms with Gasteiger partial charge in [-0.2, -0.15) is 12.6 Å². The van der Waals surface area contributed by atoms with Gasteiger partial charge in [-0.05, 0) is 0 Å². The molecule has 0 saturated carbocycles. The van der Waals surface area contributed by atoms with Gasteiger partial charge < -0.3 is 10.3 Å². The molecule has 0 spiro atoms. The fraction of sp³-hybridized carbons (Fsp3) is 0.429. The first kappa shape index (κ1) is 10.5. The highest BCUT2D eigenvalue weighted by Gasteiger charge is 2.04. The number of aromatic nitrogens is 2. The fourth-order valence-electron chi connectivity index (χ4n) is 0.849. The Bertz CT molecular complexity index is 287. The number of carbonyl (C=O) groups is 1. The second-order valence-electron chi connectivity index (χ2n) is 2.38. The first-order valence-corrected chi connectivity index (χ1v) is 5.39. The Hall–Kier alpha value is -0.620. The van der Waals surface area contributed by atoms with Gasteiger partial charge in [-0.25, -0.2) is 4.98 Å². The third-order valence-corrected chi connectivity index (χ3v) is 2.59. The normalized spacial score (nSPS) is 10.2. The van der Waals surface area contributed by atoms with E-state index in [9.17, 15) is 4.79 Å². The molecule has 2 N–H and O–H groups in total. The van der Waals surface area contributed by atoms with Crippen molar-refractivity contribution in [1.29, 1.82) is 0 Å². The van der Waals surface area contributed by atoms with Crippen LogP contribution in [0.5, 0.6) is 0 Å². The van der Waals surface area contributed by atoms with Gasteiger partial charge in [0.2, 0.25) is 5.91 Å². The van der Waals surface area contributed by atoms with Gasteiger partial charge in [0.25, 0.3) is 0 Å². The average Bonchev–Trinajstić information content (AvgIpc) is 2.49. The predicted octanol–water partition coefficient (Wildman–Crippen LogP) is 0.390.